The highest BCUT2D eigenvalue weighted by atomic mass is 19.1. The smallest absolute Gasteiger partial charge is 0.312 e. The molecular formula is C25H26FN3O2. The largest absolute Gasteiger partial charge is 0.352 e. The van der Waals surface area contributed by atoms with Gasteiger partial charge in [0.1, 0.15) is 5.82 Å². The number of nitrogens with two attached hydrogens (primary N) is 1. The van der Waals surface area contributed by atoms with E-state index in [2.05, 4.69) is 10.6 Å². The van der Waals surface area contributed by atoms with Crippen molar-refractivity contribution in [2.75, 3.05) is 0 Å². The molecule has 3 rings (SSSR count). The van der Waals surface area contributed by atoms with Gasteiger partial charge in [-0.2, -0.15) is 0 Å². The molecule has 0 saturated heterocycles. The standard InChI is InChI=1S/C25H26FN3O2/c1-16-12-13-19(14-17(16)2)24(18-8-4-3-5-9-18)29-23(30)15-22(28-25(27)31)20-10-6-7-11-21(20)26/h3-14,22,24H,15H2,1-2H3,(H,29,30)(H3,27,28,31)/t22-,24-/m1/s1. The van der Waals surface area contributed by atoms with Crippen LogP contribution in [0.3, 0.4) is 0 Å². The first-order valence-corrected chi connectivity index (χ1v) is 10.1. The monoisotopic (exact) mass is 419 g/mol. The normalized spacial score (nSPS) is 12.6. The zero-order valence-electron chi connectivity index (χ0n) is 17.6. The molecule has 0 fully saturated rings. The van der Waals surface area contributed by atoms with Gasteiger partial charge in [0.15, 0.2) is 0 Å². The van der Waals surface area contributed by atoms with Gasteiger partial charge in [0, 0.05) is 5.56 Å². The number of rotatable bonds is 7. The minimum Gasteiger partial charge on any atom is -0.352 e. The van der Waals surface area contributed by atoms with Crippen LogP contribution >= 0.6 is 0 Å². The number of primary amides is 1. The maximum Gasteiger partial charge on any atom is 0.312 e. The third kappa shape index (κ3) is 5.69. The van der Waals surface area contributed by atoms with Gasteiger partial charge in [-0.1, -0.05) is 66.7 Å². The topological polar surface area (TPSA) is 84.2 Å². The number of carbonyl (C=O) groups is 2. The van der Waals surface area contributed by atoms with Crippen molar-refractivity contribution >= 4 is 11.9 Å². The van der Waals surface area contributed by atoms with Crippen molar-refractivity contribution in [1.82, 2.24) is 10.6 Å². The Hall–Kier alpha value is -3.67. The van der Waals surface area contributed by atoms with Gasteiger partial charge in [0.05, 0.1) is 18.5 Å². The minimum atomic E-state index is -0.880. The quantitative estimate of drug-likeness (QED) is 0.529. The number of amides is 3. The number of benzene rings is 3. The van der Waals surface area contributed by atoms with Crippen molar-refractivity contribution in [3.8, 4) is 0 Å². The van der Waals surface area contributed by atoms with Crippen LogP contribution in [0.2, 0.25) is 0 Å². The second-order valence-corrected chi connectivity index (χ2v) is 7.54. The fourth-order valence-corrected chi connectivity index (χ4v) is 3.52. The average Bonchev–Trinajstić information content (AvgIpc) is 2.74. The van der Waals surface area contributed by atoms with E-state index in [0.29, 0.717) is 0 Å². The molecule has 0 radical (unpaired) electrons. The van der Waals surface area contributed by atoms with E-state index in [1.807, 2.05) is 62.4 Å². The molecule has 0 saturated carbocycles. The summed E-state index contributed by atoms with van der Waals surface area (Å²) in [6, 6.07) is 19.6. The minimum absolute atomic E-state index is 0.155. The summed E-state index contributed by atoms with van der Waals surface area (Å²) < 4.78 is 14.3. The van der Waals surface area contributed by atoms with Gasteiger partial charge < -0.3 is 16.4 Å². The molecule has 160 valence electrons. The van der Waals surface area contributed by atoms with Crippen molar-refractivity contribution in [2.24, 2.45) is 5.73 Å². The lowest BCUT2D eigenvalue weighted by Crippen LogP contribution is -2.38. The molecule has 3 aromatic carbocycles. The number of hydrogen-bond donors (Lipinski definition) is 3. The number of hydrogen-bond acceptors (Lipinski definition) is 2. The summed E-state index contributed by atoms with van der Waals surface area (Å²) in [5, 5.41) is 5.51. The van der Waals surface area contributed by atoms with Crippen LogP contribution in [0.1, 0.15) is 46.3 Å². The van der Waals surface area contributed by atoms with Gasteiger partial charge in [-0.25, -0.2) is 9.18 Å². The van der Waals surface area contributed by atoms with E-state index in [-0.39, 0.29) is 23.9 Å². The van der Waals surface area contributed by atoms with Crippen molar-refractivity contribution in [3.63, 3.8) is 0 Å². The summed E-state index contributed by atoms with van der Waals surface area (Å²) in [5.41, 5.74) is 9.61. The van der Waals surface area contributed by atoms with Crippen LogP contribution in [-0.4, -0.2) is 11.9 Å². The maximum atomic E-state index is 14.3. The Kier molecular flexibility index (Phi) is 7.03. The van der Waals surface area contributed by atoms with Crippen molar-refractivity contribution < 1.29 is 14.0 Å². The van der Waals surface area contributed by atoms with Crippen LogP contribution in [0.5, 0.6) is 0 Å². The zero-order chi connectivity index (χ0) is 22.4. The average molecular weight is 420 g/mol. The van der Waals surface area contributed by atoms with Gasteiger partial charge in [-0.3, -0.25) is 4.79 Å². The Morgan fingerprint density at radius 3 is 2.19 bits per heavy atom. The van der Waals surface area contributed by atoms with E-state index in [1.54, 1.807) is 12.1 Å². The Balaban J connectivity index is 1.87. The van der Waals surface area contributed by atoms with Crippen LogP contribution in [0.25, 0.3) is 0 Å². The van der Waals surface area contributed by atoms with E-state index < -0.39 is 17.9 Å². The van der Waals surface area contributed by atoms with E-state index in [9.17, 15) is 14.0 Å². The fourth-order valence-electron chi connectivity index (χ4n) is 3.52. The zero-order valence-corrected chi connectivity index (χ0v) is 17.6. The molecule has 0 heterocycles. The molecule has 3 amide bonds. The Labute approximate surface area is 181 Å². The molecular weight excluding hydrogens is 393 g/mol. The lowest BCUT2D eigenvalue weighted by Gasteiger charge is -2.23. The molecule has 0 spiro atoms. The van der Waals surface area contributed by atoms with E-state index in [1.165, 1.54) is 12.1 Å². The number of halogens is 1. The number of urea groups is 1. The first-order valence-electron chi connectivity index (χ1n) is 10.1. The number of aryl methyl sites for hydroxylation is 2. The lowest BCUT2D eigenvalue weighted by molar-refractivity contribution is -0.122. The third-order valence-corrected chi connectivity index (χ3v) is 5.29. The lowest BCUT2D eigenvalue weighted by atomic mass is 9.95. The number of nitrogens with one attached hydrogen (secondary N) is 2. The van der Waals surface area contributed by atoms with E-state index >= 15 is 0 Å². The molecule has 0 aromatic heterocycles. The van der Waals surface area contributed by atoms with Gasteiger partial charge in [0.2, 0.25) is 5.91 Å². The second-order valence-electron chi connectivity index (χ2n) is 7.54. The van der Waals surface area contributed by atoms with Crippen molar-refractivity contribution in [3.05, 3.63) is 106 Å². The molecule has 0 aliphatic rings. The molecule has 31 heavy (non-hydrogen) atoms. The third-order valence-electron chi connectivity index (χ3n) is 5.29. The summed E-state index contributed by atoms with van der Waals surface area (Å²) in [6.45, 7) is 4.05. The Morgan fingerprint density at radius 2 is 1.55 bits per heavy atom. The predicted molar refractivity (Wildman–Crippen MR) is 119 cm³/mol. The summed E-state index contributed by atoms with van der Waals surface area (Å²) in [4.78, 5) is 24.5. The Bertz CT molecular complexity index is 1070. The van der Waals surface area contributed by atoms with Crippen molar-refractivity contribution in [2.45, 2.75) is 32.4 Å². The van der Waals surface area contributed by atoms with Gasteiger partial charge in [0.25, 0.3) is 0 Å². The fraction of sp³-hybridized carbons (Fsp3) is 0.200. The molecule has 0 aliphatic carbocycles. The maximum absolute atomic E-state index is 14.3. The van der Waals surface area contributed by atoms with Crippen LogP contribution in [0, 0.1) is 19.7 Å². The molecule has 2 atom stereocenters. The highest BCUT2D eigenvalue weighted by molar-refractivity contribution is 5.79. The van der Waals surface area contributed by atoms with E-state index in [0.717, 1.165) is 22.3 Å². The van der Waals surface area contributed by atoms with Crippen molar-refractivity contribution in [1.29, 1.82) is 0 Å². The molecule has 0 bridgehead atoms. The highest BCUT2D eigenvalue weighted by Crippen LogP contribution is 2.26. The summed E-state index contributed by atoms with van der Waals surface area (Å²) in [6.07, 6.45) is -0.155. The number of carbonyl (C=O) groups excluding carboxylic acids is 2. The molecule has 0 unspecified atom stereocenters. The molecule has 0 aliphatic heterocycles. The van der Waals surface area contributed by atoms with Crippen LogP contribution in [-0.2, 0) is 4.79 Å². The predicted octanol–water partition coefficient (Wildman–Crippen LogP) is 4.45. The van der Waals surface area contributed by atoms with Crippen LogP contribution < -0.4 is 16.4 Å². The molecule has 5 nitrogen and oxygen atoms in total. The molecule has 3 aromatic rings. The van der Waals surface area contributed by atoms with E-state index in [4.69, 9.17) is 5.73 Å². The van der Waals surface area contributed by atoms with Crippen LogP contribution in [0.4, 0.5) is 9.18 Å². The molecule has 4 N–H and O–H groups in total. The summed E-state index contributed by atoms with van der Waals surface area (Å²) in [7, 11) is 0. The molecule has 6 heteroatoms. The summed E-state index contributed by atoms with van der Waals surface area (Å²) in [5.74, 6) is -0.850. The first-order chi connectivity index (χ1) is 14.8. The Morgan fingerprint density at radius 1 is 0.871 bits per heavy atom. The second kappa shape index (κ2) is 9.89. The first kappa shape index (κ1) is 22.0. The van der Waals surface area contributed by atoms with Crippen LogP contribution in [0.15, 0.2) is 72.8 Å². The van der Waals surface area contributed by atoms with Gasteiger partial charge >= 0.3 is 6.03 Å². The van der Waals surface area contributed by atoms with Gasteiger partial charge in [-0.15, -0.1) is 0 Å². The summed E-state index contributed by atoms with van der Waals surface area (Å²) >= 11 is 0. The van der Waals surface area contributed by atoms with Gasteiger partial charge in [-0.05, 0) is 42.2 Å². The highest BCUT2D eigenvalue weighted by Gasteiger charge is 2.23. The SMILES string of the molecule is Cc1ccc([C@H](NC(=O)C[C@@H](NC(N)=O)c2ccccc2F)c2ccccc2)cc1C.